The van der Waals surface area contributed by atoms with Gasteiger partial charge in [-0.25, -0.2) is 9.97 Å². The van der Waals surface area contributed by atoms with Crippen LogP contribution in [-0.4, -0.2) is 49.3 Å². The normalized spacial score (nSPS) is 22.7. The number of piperidine rings is 1. The average Bonchev–Trinajstić information content (AvgIpc) is 3.17. The number of rotatable bonds is 2. The largest absolute Gasteiger partial charge is 0.420 e. The summed E-state index contributed by atoms with van der Waals surface area (Å²) < 4.78 is 7.85. The van der Waals surface area contributed by atoms with Crippen molar-refractivity contribution >= 4 is 11.2 Å². The fraction of sp³-hybridized carbons (Fsp3) is 0.500. The molecular formula is C16H20N6O. The van der Waals surface area contributed by atoms with Crippen molar-refractivity contribution in [3.63, 3.8) is 0 Å². The Labute approximate surface area is 134 Å². The Hall–Kier alpha value is -2.28. The minimum absolute atomic E-state index is 0.293. The lowest BCUT2D eigenvalue weighted by atomic mass is 9.90. The van der Waals surface area contributed by atoms with E-state index in [0.717, 1.165) is 42.0 Å². The monoisotopic (exact) mass is 312 g/mol. The molecule has 0 saturated carbocycles. The van der Waals surface area contributed by atoms with Crippen molar-refractivity contribution in [3.8, 4) is 11.5 Å². The van der Waals surface area contributed by atoms with Gasteiger partial charge in [-0.3, -0.25) is 0 Å². The number of likely N-dealkylation sites (N-methyl/N-ethyl adjacent to an activating group) is 1. The van der Waals surface area contributed by atoms with Crippen LogP contribution < -0.4 is 0 Å². The van der Waals surface area contributed by atoms with Gasteiger partial charge in [-0.1, -0.05) is 0 Å². The zero-order valence-corrected chi connectivity index (χ0v) is 13.6. The molecule has 2 atom stereocenters. The molecule has 0 amide bonds. The van der Waals surface area contributed by atoms with Gasteiger partial charge >= 0.3 is 0 Å². The number of hydrogen-bond acceptors (Lipinski definition) is 6. The molecule has 1 aliphatic heterocycles. The Morgan fingerprint density at radius 3 is 2.96 bits per heavy atom. The molecule has 3 aromatic heterocycles. The van der Waals surface area contributed by atoms with Crippen molar-refractivity contribution in [1.82, 2.24) is 29.6 Å². The number of pyridine rings is 1. The van der Waals surface area contributed by atoms with Crippen LogP contribution in [0.4, 0.5) is 0 Å². The smallest absolute Gasteiger partial charge is 0.249 e. The molecule has 0 aromatic carbocycles. The topological polar surface area (TPSA) is 72.9 Å². The number of nitrogens with zero attached hydrogens (tertiary/aromatic N) is 6. The first-order valence-corrected chi connectivity index (χ1v) is 7.94. The average molecular weight is 312 g/mol. The van der Waals surface area contributed by atoms with E-state index < -0.39 is 0 Å². The number of aromatic nitrogens is 5. The summed E-state index contributed by atoms with van der Waals surface area (Å²) in [5.41, 5.74) is 2.48. The third-order valence-electron chi connectivity index (χ3n) is 4.86. The Balaban J connectivity index is 1.66. The number of aryl methyl sites for hydroxylation is 1. The van der Waals surface area contributed by atoms with Gasteiger partial charge in [0.1, 0.15) is 5.52 Å². The van der Waals surface area contributed by atoms with Crippen LogP contribution in [-0.2, 0) is 7.05 Å². The summed E-state index contributed by atoms with van der Waals surface area (Å²) >= 11 is 0. The molecule has 0 aliphatic carbocycles. The quantitative estimate of drug-likeness (QED) is 0.722. The molecule has 0 spiro atoms. The van der Waals surface area contributed by atoms with Crippen molar-refractivity contribution in [2.75, 3.05) is 13.6 Å². The summed E-state index contributed by atoms with van der Waals surface area (Å²) in [4.78, 5) is 11.1. The first kappa shape index (κ1) is 14.3. The molecule has 120 valence electrons. The second kappa shape index (κ2) is 5.42. The molecule has 1 fully saturated rings. The predicted molar refractivity (Wildman–Crippen MR) is 85.9 cm³/mol. The van der Waals surface area contributed by atoms with Crippen LogP contribution in [0.5, 0.6) is 0 Å². The predicted octanol–water partition coefficient (Wildman–Crippen LogP) is 2.22. The molecule has 0 N–H and O–H groups in total. The van der Waals surface area contributed by atoms with Crippen LogP contribution in [0.15, 0.2) is 23.0 Å². The van der Waals surface area contributed by atoms with Crippen LogP contribution >= 0.6 is 0 Å². The Morgan fingerprint density at radius 1 is 1.22 bits per heavy atom. The molecule has 1 aliphatic rings. The van der Waals surface area contributed by atoms with Crippen LogP contribution in [0.1, 0.15) is 31.6 Å². The first-order valence-electron chi connectivity index (χ1n) is 7.94. The highest BCUT2D eigenvalue weighted by Gasteiger charge is 2.31. The fourth-order valence-corrected chi connectivity index (χ4v) is 3.28. The maximum absolute atomic E-state index is 5.96. The number of likely N-dealkylation sites (tertiary alicyclic amines) is 1. The van der Waals surface area contributed by atoms with Gasteiger partial charge in [-0.15, -0.1) is 10.2 Å². The van der Waals surface area contributed by atoms with Crippen molar-refractivity contribution in [1.29, 1.82) is 0 Å². The van der Waals surface area contributed by atoms with Gasteiger partial charge in [0.15, 0.2) is 5.65 Å². The van der Waals surface area contributed by atoms with E-state index in [0.29, 0.717) is 17.9 Å². The highest BCUT2D eigenvalue weighted by molar-refractivity contribution is 5.75. The van der Waals surface area contributed by atoms with Crippen molar-refractivity contribution < 1.29 is 4.42 Å². The lowest BCUT2D eigenvalue weighted by molar-refractivity contribution is 0.158. The molecule has 3 aromatic rings. The maximum Gasteiger partial charge on any atom is 0.249 e. The molecule has 0 unspecified atom stereocenters. The van der Waals surface area contributed by atoms with Crippen LogP contribution in [0.25, 0.3) is 22.6 Å². The SMILES string of the molecule is C[C@H]1[C@@H](c2nnc(-c3cnc4c(c3)ncn4C)o2)CCCN1C. The van der Waals surface area contributed by atoms with Crippen molar-refractivity contribution in [2.45, 2.75) is 31.7 Å². The van der Waals surface area contributed by atoms with Gasteiger partial charge in [-0.05, 0) is 39.4 Å². The van der Waals surface area contributed by atoms with E-state index in [1.165, 1.54) is 0 Å². The standard InChI is InChI=1S/C16H20N6O/c1-10-12(5-4-6-21(10)2)16-20-19-15(23-16)11-7-13-14(17-8-11)22(3)9-18-13/h7-10,12H,4-6H2,1-3H3/t10-,12-/m0/s1. The van der Waals surface area contributed by atoms with Gasteiger partial charge in [0, 0.05) is 19.3 Å². The Kier molecular flexibility index (Phi) is 3.37. The van der Waals surface area contributed by atoms with Crippen LogP contribution in [0.3, 0.4) is 0 Å². The Bertz CT molecular complexity index is 838. The van der Waals surface area contributed by atoms with Gasteiger partial charge in [0.05, 0.1) is 17.8 Å². The summed E-state index contributed by atoms with van der Waals surface area (Å²) in [6, 6.07) is 2.35. The maximum atomic E-state index is 5.96. The molecule has 0 radical (unpaired) electrons. The molecular weight excluding hydrogens is 292 g/mol. The zero-order chi connectivity index (χ0) is 16.0. The van der Waals surface area contributed by atoms with E-state index in [9.17, 15) is 0 Å². The second-order valence-corrected chi connectivity index (χ2v) is 6.34. The summed E-state index contributed by atoms with van der Waals surface area (Å²) in [6.07, 6.45) is 5.76. The van der Waals surface area contributed by atoms with Gasteiger partial charge in [-0.2, -0.15) is 0 Å². The minimum atomic E-state index is 0.293. The van der Waals surface area contributed by atoms with E-state index in [-0.39, 0.29) is 0 Å². The van der Waals surface area contributed by atoms with Crippen molar-refractivity contribution in [3.05, 3.63) is 24.5 Å². The van der Waals surface area contributed by atoms with E-state index in [4.69, 9.17) is 4.42 Å². The Morgan fingerprint density at radius 2 is 2.09 bits per heavy atom. The number of imidazole rings is 1. The lowest BCUT2D eigenvalue weighted by Gasteiger charge is -2.34. The van der Waals surface area contributed by atoms with Crippen LogP contribution in [0, 0.1) is 0 Å². The number of hydrogen-bond donors (Lipinski definition) is 0. The van der Waals surface area contributed by atoms with E-state index in [2.05, 4.69) is 39.0 Å². The van der Waals surface area contributed by atoms with E-state index >= 15 is 0 Å². The third-order valence-corrected chi connectivity index (χ3v) is 4.86. The minimum Gasteiger partial charge on any atom is -0.420 e. The van der Waals surface area contributed by atoms with Gasteiger partial charge in [0.2, 0.25) is 11.8 Å². The summed E-state index contributed by atoms with van der Waals surface area (Å²) in [6.45, 7) is 3.34. The fourth-order valence-electron chi connectivity index (χ4n) is 3.28. The third kappa shape index (κ3) is 2.41. The van der Waals surface area contributed by atoms with E-state index in [1.807, 2.05) is 17.7 Å². The second-order valence-electron chi connectivity index (χ2n) is 6.34. The van der Waals surface area contributed by atoms with Gasteiger partial charge in [0.25, 0.3) is 0 Å². The van der Waals surface area contributed by atoms with Crippen LogP contribution in [0.2, 0.25) is 0 Å². The first-order chi connectivity index (χ1) is 11.1. The number of fused-ring (bicyclic) bond motifs is 1. The zero-order valence-electron chi connectivity index (χ0n) is 13.6. The molecule has 1 saturated heterocycles. The van der Waals surface area contributed by atoms with Gasteiger partial charge < -0.3 is 13.9 Å². The molecule has 4 heterocycles. The highest BCUT2D eigenvalue weighted by Crippen LogP contribution is 2.32. The lowest BCUT2D eigenvalue weighted by Crippen LogP contribution is -2.39. The van der Waals surface area contributed by atoms with Crippen molar-refractivity contribution in [2.24, 2.45) is 7.05 Å². The molecule has 0 bridgehead atoms. The highest BCUT2D eigenvalue weighted by atomic mass is 16.4. The molecule has 7 heteroatoms. The summed E-state index contributed by atoms with van der Waals surface area (Å²) in [5.74, 6) is 1.53. The molecule has 23 heavy (non-hydrogen) atoms. The van der Waals surface area contributed by atoms with E-state index in [1.54, 1.807) is 12.5 Å². The molecule has 7 nitrogen and oxygen atoms in total. The molecule has 4 rings (SSSR count). The summed E-state index contributed by atoms with van der Waals surface area (Å²) in [7, 11) is 4.07. The summed E-state index contributed by atoms with van der Waals surface area (Å²) in [5, 5.41) is 8.51.